The van der Waals surface area contributed by atoms with Crippen molar-refractivity contribution in [3.63, 3.8) is 0 Å². The Morgan fingerprint density at radius 3 is 2.26 bits per heavy atom. The Hall–Kier alpha value is -3.65. The molecule has 0 aliphatic carbocycles. The molecular formula is C17H17F3N8O2S. The first-order valence-electron chi connectivity index (χ1n) is 8.77. The molecule has 1 heterocycles. The summed E-state index contributed by atoms with van der Waals surface area (Å²) in [5.41, 5.74) is -1.11. The molecule has 0 spiro atoms. The van der Waals surface area contributed by atoms with Gasteiger partial charge in [0.2, 0.25) is 10.9 Å². The molecule has 0 saturated carbocycles. The molecule has 0 saturated heterocycles. The van der Waals surface area contributed by atoms with Crippen LogP contribution in [0.4, 0.5) is 36.2 Å². The third-order valence-electron chi connectivity index (χ3n) is 4.25. The van der Waals surface area contributed by atoms with Crippen LogP contribution in [-0.2, 0) is 17.9 Å². The highest BCUT2D eigenvalue weighted by Gasteiger charge is 2.41. The molecule has 31 heavy (non-hydrogen) atoms. The molecule has 1 aromatic heterocycles. The van der Waals surface area contributed by atoms with Gasteiger partial charge in [-0.25, -0.2) is 8.42 Å². The third kappa shape index (κ3) is 4.92. The van der Waals surface area contributed by atoms with E-state index in [-0.39, 0.29) is 17.3 Å². The van der Waals surface area contributed by atoms with Gasteiger partial charge in [-0.05, 0) is 32.0 Å². The number of aromatic nitrogens is 2. The molecule has 14 heteroatoms. The van der Waals surface area contributed by atoms with Crippen molar-refractivity contribution in [2.24, 2.45) is 17.3 Å². The van der Waals surface area contributed by atoms with Crippen LogP contribution in [0.25, 0.3) is 0 Å². The molecule has 1 aromatic carbocycles. The minimum Gasteiger partial charge on any atom is -0.372 e. The summed E-state index contributed by atoms with van der Waals surface area (Å²) in [7, 11) is -2.70. The lowest BCUT2D eigenvalue weighted by atomic mass is 10.2. The SMILES string of the molecule is CCN(CC)c1ccc(N=Nc2nc(C#N)c(C#N)n2C)c(N([SH](=O)=O)C(F)(F)F)c1. The number of hydrogen-bond donors (Lipinski definition) is 1. The average molecular weight is 454 g/mol. The van der Waals surface area contributed by atoms with Crippen LogP contribution in [0.2, 0.25) is 0 Å². The summed E-state index contributed by atoms with van der Waals surface area (Å²) in [5, 5.41) is 25.6. The number of alkyl halides is 3. The number of azo groups is 1. The summed E-state index contributed by atoms with van der Waals surface area (Å²) in [6.45, 7) is 4.56. The van der Waals surface area contributed by atoms with E-state index in [0.717, 1.165) is 10.6 Å². The fraction of sp³-hybridized carbons (Fsp3) is 0.353. The standard InChI is InChI=1S/C17H17F3N8O2S/c1-4-27(5-2)11-6-7-12(14(8-11)28(31(29)30)17(18,19)20)24-25-16-23-13(9-21)15(10-22)26(16)3/h6-8,31H,4-5H2,1-3H3. The molecule has 2 rings (SSSR count). The maximum absolute atomic E-state index is 13.5. The second-order valence-corrected chi connectivity index (χ2v) is 6.83. The summed E-state index contributed by atoms with van der Waals surface area (Å²) >= 11 is 0. The molecule has 0 aliphatic rings. The maximum atomic E-state index is 13.5. The monoisotopic (exact) mass is 454 g/mol. The Labute approximate surface area is 177 Å². The minimum atomic E-state index is -5.23. The van der Waals surface area contributed by atoms with Crippen molar-refractivity contribution in [2.45, 2.75) is 20.1 Å². The molecule has 0 fully saturated rings. The van der Waals surface area contributed by atoms with Gasteiger partial charge in [0.15, 0.2) is 11.4 Å². The van der Waals surface area contributed by atoms with Crippen LogP contribution < -0.4 is 9.21 Å². The fourth-order valence-corrected chi connectivity index (χ4v) is 3.27. The van der Waals surface area contributed by atoms with Crippen LogP contribution in [0, 0.1) is 22.7 Å². The highest BCUT2D eigenvalue weighted by molar-refractivity contribution is 7.74. The van der Waals surface area contributed by atoms with Gasteiger partial charge in [-0.2, -0.15) is 19.8 Å². The Kier molecular flexibility index (Phi) is 7.20. The first kappa shape index (κ1) is 23.6. The van der Waals surface area contributed by atoms with Gasteiger partial charge >= 0.3 is 6.30 Å². The van der Waals surface area contributed by atoms with Crippen molar-refractivity contribution in [3.8, 4) is 12.1 Å². The number of nitriles is 2. The lowest BCUT2D eigenvalue weighted by Gasteiger charge is -2.25. The van der Waals surface area contributed by atoms with Gasteiger partial charge in [0.05, 0.1) is 5.69 Å². The van der Waals surface area contributed by atoms with Gasteiger partial charge in [0.1, 0.15) is 17.8 Å². The van der Waals surface area contributed by atoms with Gasteiger partial charge in [0, 0.05) is 25.8 Å². The Morgan fingerprint density at radius 1 is 1.16 bits per heavy atom. The van der Waals surface area contributed by atoms with Crippen LogP contribution in [-0.4, -0.2) is 37.4 Å². The van der Waals surface area contributed by atoms with Crippen molar-refractivity contribution in [1.82, 2.24) is 9.55 Å². The Bertz CT molecular complexity index is 1150. The van der Waals surface area contributed by atoms with Crippen LogP contribution in [0.15, 0.2) is 28.4 Å². The summed E-state index contributed by atoms with van der Waals surface area (Å²) in [5.74, 6) is -0.211. The summed E-state index contributed by atoms with van der Waals surface area (Å²) in [4.78, 5) is 5.53. The lowest BCUT2D eigenvalue weighted by Crippen LogP contribution is -2.36. The molecule has 0 bridgehead atoms. The molecule has 0 radical (unpaired) electrons. The Morgan fingerprint density at radius 2 is 1.81 bits per heavy atom. The number of anilines is 2. The largest absolute Gasteiger partial charge is 0.498 e. The van der Waals surface area contributed by atoms with Crippen molar-refractivity contribution in [1.29, 1.82) is 10.5 Å². The molecule has 10 nitrogen and oxygen atoms in total. The number of benzene rings is 1. The van der Waals surface area contributed by atoms with E-state index in [1.165, 1.54) is 19.2 Å². The van der Waals surface area contributed by atoms with Gasteiger partial charge in [-0.15, -0.1) is 23.4 Å². The van der Waals surface area contributed by atoms with Crippen LogP contribution in [0.1, 0.15) is 25.2 Å². The van der Waals surface area contributed by atoms with Crippen LogP contribution >= 0.6 is 0 Å². The van der Waals surface area contributed by atoms with Gasteiger partial charge in [0.25, 0.3) is 5.95 Å². The molecule has 0 amide bonds. The van der Waals surface area contributed by atoms with Crippen LogP contribution in [0.5, 0.6) is 0 Å². The summed E-state index contributed by atoms with van der Waals surface area (Å²) in [6, 6.07) is 7.21. The predicted molar refractivity (Wildman–Crippen MR) is 106 cm³/mol. The predicted octanol–water partition coefficient (Wildman–Crippen LogP) is 3.28. The second-order valence-electron chi connectivity index (χ2n) is 5.95. The zero-order valence-electron chi connectivity index (χ0n) is 16.6. The summed E-state index contributed by atoms with van der Waals surface area (Å²) in [6.07, 6.45) is -5.23. The molecule has 0 aliphatic heterocycles. The average Bonchev–Trinajstić information content (AvgIpc) is 3.01. The van der Waals surface area contributed by atoms with Gasteiger partial charge < -0.3 is 9.47 Å². The van der Waals surface area contributed by atoms with E-state index in [9.17, 15) is 21.6 Å². The maximum Gasteiger partial charge on any atom is 0.498 e. The van der Waals surface area contributed by atoms with Gasteiger partial charge in [-0.3, -0.25) is 0 Å². The van der Waals surface area contributed by atoms with E-state index in [2.05, 4.69) is 15.2 Å². The first-order chi connectivity index (χ1) is 14.6. The van der Waals surface area contributed by atoms with E-state index in [1.807, 2.05) is 0 Å². The van der Waals surface area contributed by atoms with Crippen molar-refractivity contribution in [2.75, 3.05) is 22.3 Å². The van der Waals surface area contributed by atoms with Crippen LogP contribution in [0.3, 0.4) is 0 Å². The number of halogens is 3. The van der Waals surface area contributed by atoms with E-state index >= 15 is 0 Å². The van der Waals surface area contributed by atoms with Gasteiger partial charge in [-0.1, -0.05) is 0 Å². The number of thiol groups is 1. The fourth-order valence-electron chi connectivity index (χ4n) is 2.75. The van der Waals surface area contributed by atoms with Crippen molar-refractivity contribution >= 4 is 33.9 Å². The number of rotatable bonds is 7. The zero-order valence-corrected chi connectivity index (χ0v) is 17.5. The third-order valence-corrected chi connectivity index (χ3v) is 5.02. The summed E-state index contributed by atoms with van der Waals surface area (Å²) < 4.78 is 63.7. The molecule has 0 atom stereocenters. The van der Waals surface area contributed by atoms with Crippen molar-refractivity contribution in [3.05, 3.63) is 29.6 Å². The molecular weight excluding hydrogens is 437 g/mol. The van der Waals surface area contributed by atoms with E-state index in [1.54, 1.807) is 30.9 Å². The molecule has 0 unspecified atom stereocenters. The zero-order chi connectivity index (χ0) is 23.3. The smallest absolute Gasteiger partial charge is 0.372 e. The molecule has 2 aromatic rings. The lowest BCUT2D eigenvalue weighted by molar-refractivity contribution is -0.115. The highest BCUT2D eigenvalue weighted by atomic mass is 32.2. The number of imidazole rings is 1. The van der Waals surface area contributed by atoms with E-state index in [4.69, 9.17) is 10.5 Å². The highest BCUT2D eigenvalue weighted by Crippen LogP contribution is 2.39. The van der Waals surface area contributed by atoms with E-state index < -0.39 is 32.9 Å². The topological polar surface area (TPSA) is 131 Å². The first-order valence-corrected chi connectivity index (χ1v) is 9.90. The molecule has 164 valence electrons. The normalized spacial score (nSPS) is 11.5. The quantitative estimate of drug-likeness (QED) is 0.388. The number of nitrogens with zero attached hydrogens (tertiary/aromatic N) is 8. The van der Waals surface area contributed by atoms with E-state index in [0.29, 0.717) is 18.8 Å². The van der Waals surface area contributed by atoms with Crippen molar-refractivity contribution < 1.29 is 21.6 Å². The minimum absolute atomic E-state index is 0.104. The Balaban J connectivity index is 2.67. The molecule has 0 N–H and O–H groups in total. The number of hydrogen-bond acceptors (Lipinski definition) is 8. The second kappa shape index (κ2) is 9.44.